The molecule has 2 aromatic carbocycles. The molecule has 1 amide bonds. The van der Waals surface area contributed by atoms with Gasteiger partial charge in [0.1, 0.15) is 0 Å². The van der Waals surface area contributed by atoms with Gasteiger partial charge in [-0.25, -0.2) is 4.98 Å². The molecule has 0 radical (unpaired) electrons. The number of anilines is 1. The molecule has 0 unspecified atom stereocenters. The zero-order valence-corrected chi connectivity index (χ0v) is 15.1. The summed E-state index contributed by atoms with van der Waals surface area (Å²) in [4.78, 5) is 31.8. The van der Waals surface area contributed by atoms with E-state index in [1.54, 1.807) is 25.1 Å². The number of hydrogen-bond acceptors (Lipinski definition) is 4. The number of nitrogens with one attached hydrogen (secondary N) is 2. The van der Waals surface area contributed by atoms with Gasteiger partial charge in [0.05, 0.1) is 16.2 Å². The molecule has 3 rings (SSSR count). The van der Waals surface area contributed by atoms with Gasteiger partial charge in [-0.15, -0.1) is 0 Å². The average Bonchev–Trinajstić information content (AvgIpc) is 2.58. The quantitative estimate of drug-likeness (QED) is 0.554. The molecule has 128 valence electrons. The van der Waals surface area contributed by atoms with Gasteiger partial charge in [0.15, 0.2) is 5.16 Å². The molecule has 1 heterocycles. The Morgan fingerprint density at radius 3 is 2.52 bits per heavy atom. The number of aromatic nitrogens is 2. The van der Waals surface area contributed by atoms with Crippen molar-refractivity contribution >= 4 is 34.3 Å². The summed E-state index contributed by atoms with van der Waals surface area (Å²) in [5.41, 5.74) is 3.29. The lowest BCUT2D eigenvalue weighted by Crippen LogP contribution is -2.24. The first kappa shape index (κ1) is 17.2. The van der Waals surface area contributed by atoms with E-state index < -0.39 is 5.25 Å². The van der Waals surface area contributed by atoms with E-state index in [2.05, 4.69) is 15.3 Å². The molecule has 0 saturated heterocycles. The highest BCUT2D eigenvalue weighted by molar-refractivity contribution is 8.00. The third-order valence-electron chi connectivity index (χ3n) is 3.98. The Morgan fingerprint density at radius 1 is 1.12 bits per heavy atom. The molecule has 6 heteroatoms. The molecule has 5 nitrogen and oxygen atoms in total. The average molecular weight is 353 g/mol. The second kappa shape index (κ2) is 7.11. The SMILES string of the molecule is Cc1cccc(C)c1NC(=O)[C@@H](C)Sc1nc2ccccc2c(=O)[nH]1. The van der Waals surface area contributed by atoms with Crippen molar-refractivity contribution in [2.45, 2.75) is 31.2 Å². The van der Waals surface area contributed by atoms with Crippen molar-refractivity contribution < 1.29 is 4.79 Å². The van der Waals surface area contributed by atoms with E-state index in [9.17, 15) is 9.59 Å². The van der Waals surface area contributed by atoms with Crippen molar-refractivity contribution in [3.05, 3.63) is 63.9 Å². The molecule has 0 saturated carbocycles. The van der Waals surface area contributed by atoms with Crippen LogP contribution < -0.4 is 10.9 Å². The fourth-order valence-corrected chi connectivity index (χ4v) is 3.38. The van der Waals surface area contributed by atoms with E-state index >= 15 is 0 Å². The number of benzene rings is 2. The lowest BCUT2D eigenvalue weighted by atomic mass is 10.1. The van der Waals surface area contributed by atoms with Crippen molar-refractivity contribution in [1.29, 1.82) is 0 Å². The van der Waals surface area contributed by atoms with Crippen molar-refractivity contribution in [2.24, 2.45) is 0 Å². The predicted molar refractivity (Wildman–Crippen MR) is 102 cm³/mol. The van der Waals surface area contributed by atoms with Gasteiger partial charge in [-0.2, -0.15) is 0 Å². The Balaban J connectivity index is 1.79. The minimum absolute atomic E-state index is 0.127. The number of para-hydroxylation sites is 2. The molecule has 0 aliphatic carbocycles. The summed E-state index contributed by atoms with van der Waals surface area (Å²) in [5.74, 6) is -0.127. The van der Waals surface area contributed by atoms with Crippen LogP contribution in [0.2, 0.25) is 0 Å². The van der Waals surface area contributed by atoms with Crippen molar-refractivity contribution in [3.8, 4) is 0 Å². The summed E-state index contributed by atoms with van der Waals surface area (Å²) in [7, 11) is 0. The Bertz CT molecular complexity index is 977. The minimum atomic E-state index is -0.400. The first-order valence-corrected chi connectivity index (χ1v) is 8.86. The van der Waals surface area contributed by atoms with Gasteiger partial charge in [0.2, 0.25) is 5.91 Å². The Labute approximate surface area is 149 Å². The highest BCUT2D eigenvalue weighted by Crippen LogP contribution is 2.24. The molecule has 0 aliphatic heterocycles. The molecule has 0 bridgehead atoms. The summed E-state index contributed by atoms with van der Waals surface area (Å²) in [5, 5.41) is 3.55. The molecular weight excluding hydrogens is 334 g/mol. The number of aryl methyl sites for hydroxylation is 2. The maximum atomic E-state index is 12.5. The van der Waals surface area contributed by atoms with Gasteiger partial charge in [-0.3, -0.25) is 9.59 Å². The number of H-pyrrole nitrogens is 1. The van der Waals surface area contributed by atoms with Crippen LogP contribution in [0, 0.1) is 13.8 Å². The highest BCUT2D eigenvalue weighted by Gasteiger charge is 2.18. The lowest BCUT2D eigenvalue weighted by molar-refractivity contribution is -0.115. The molecule has 1 aromatic heterocycles. The van der Waals surface area contributed by atoms with Crippen LogP contribution in [-0.2, 0) is 4.79 Å². The summed E-state index contributed by atoms with van der Waals surface area (Å²) in [6.07, 6.45) is 0. The Kier molecular flexibility index (Phi) is 4.90. The standard InChI is InChI=1S/C19H19N3O2S/c1-11-7-6-8-12(2)16(11)21-17(23)13(3)25-19-20-15-10-5-4-9-14(15)18(24)22-19/h4-10,13H,1-3H3,(H,21,23)(H,20,22,24)/t13-/m1/s1. The molecule has 0 fully saturated rings. The first-order chi connectivity index (χ1) is 12.0. The number of rotatable bonds is 4. The molecule has 25 heavy (non-hydrogen) atoms. The highest BCUT2D eigenvalue weighted by atomic mass is 32.2. The minimum Gasteiger partial charge on any atom is -0.325 e. The van der Waals surface area contributed by atoms with E-state index in [1.807, 2.05) is 38.1 Å². The zero-order valence-electron chi connectivity index (χ0n) is 14.3. The van der Waals surface area contributed by atoms with Gasteiger partial charge in [0.25, 0.3) is 5.56 Å². The first-order valence-electron chi connectivity index (χ1n) is 7.98. The second-order valence-corrected chi connectivity index (χ2v) is 7.23. The Morgan fingerprint density at radius 2 is 1.80 bits per heavy atom. The number of aromatic amines is 1. The van der Waals surface area contributed by atoms with E-state index in [0.29, 0.717) is 16.1 Å². The van der Waals surface area contributed by atoms with E-state index in [-0.39, 0.29) is 11.5 Å². The molecule has 3 aromatic rings. The van der Waals surface area contributed by atoms with Gasteiger partial charge in [-0.1, -0.05) is 42.1 Å². The number of fused-ring (bicyclic) bond motifs is 1. The number of carbonyl (C=O) groups is 1. The van der Waals surface area contributed by atoms with Gasteiger partial charge >= 0.3 is 0 Å². The summed E-state index contributed by atoms with van der Waals surface area (Å²) < 4.78 is 0. The maximum Gasteiger partial charge on any atom is 0.259 e. The zero-order chi connectivity index (χ0) is 18.0. The topological polar surface area (TPSA) is 74.8 Å². The number of hydrogen-bond donors (Lipinski definition) is 2. The van der Waals surface area contributed by atoms with Crippen LogP contribution in [-0.4, -0.2) is 21.1 Å². The van der Waals surface area contributed by atoms with Crippen LogP contribution in [0.15, 0.2) is 52.4 Å². The van der Waals surface area contributed by atoms with Crippen molar-refractivity contribution in [1.82, 2.24) is 9.97 Å². The molecular formula is C19H19N3O2S. The van der Waals surface area contributed by atoms with Crippen LogP contribution in [0.5, 0.6) is 0 Å². The van der Waals surface area contributed by atoms with Crippen LogP contribution in [0.1, 0.15) is 18.1 Å². The fourth-order valence-electron chi connectivity index (χ4n) is 2.58. The number of thioether (sulfide) groups is 1. The van der Waals surface area contributed by atoms with Crippen molar-refractivity contribution in [2.75, 3.05) is 5.32 Å². The Hall–Kier alpha value is -2.60. The van der Waals surface area contributed by atoms with Crippen LogP contribution in [0.3, 0.4) is 0 Å². The van der Waals surface area contributed by atoms with Gasteiger partial charge in [-0.05, 0) is 44.0 Å². The second-order valence-electron chi connectivity index (χ2n) is 5.90. The summed E-state index contributed by atoms with van der Waals surface area (Å²) in [6.45, 7) is 5.72. The van der Waals surface area contributed by atoms with Gasteiger partial charge < -0.3 is 10.3 Å². The molecule has 0 aliphatic rings. The fraction of sp³-hybridized carbons (Fsp3) is 0.211. The van der Waals surface area contributed by atoms with Crippen molar-refractivity contribution in [3.63, 3.8) is 0 Å². The van der Waals surface area contributed by atoms with Gasteiger partial charge in [0, 0.05) is 5.69 Å². The van der Waals surface area contributed by atoms with E-state index in [1.165, 1.54) is 11.8 Å². The van der Waals surface area contributed by atoms with Crippen LogP contribution in [0.4, 0.5) is 5.69 Å². The third-order valence-corrected chi connectivity index (χ3v) is 4.96. The lowest BCUT2D eigenvalue weighted by Gasteiger charge is -2.15. The van der Waals surface area contributed by atoms with E-state index in [0.717, 1.165) is 16.8 Å². The number of nitrogens with zero attached hydrogens (tertiary/aromatic N) is 1. The molecule has 2 N–H and O–H groups in total. The smallest absolute Gasteiger partial charge is 0.259 e. The molecule has 1 atom stereocenters. The predicted octanol–water partition coefficient (Wildman–Crippen LogP) is 3.66. The van der Waals surface area contributed by atoms with E-state index in [4.69, 9.17) is 0 Å². The summed E-state index contributed by atoms with van der Waals surface area (Å²) >= 11 is 1.23. The third kappa shape index (κ3) is 3.74. The largest absolute Gasteiger partial charge is 0.325 e. The molecule has 0 spiro atoms. The van der Waals surface area contributed by atoms with Crippen LogP contribution >= 0.6 is 11.8 Å². The maximum absolute atomic E-state index is 12.5. The number of carbonyl (C=O) groups excluding carboxylic acids is 1. The summed E-state index contributed by atoms with van der Waals surface area (Å²) in [6, 6.07) is 13.0. The number of amides is 1. The monoisotopic (exact) mass is 353 g/mol. The van der Waals surface area contributed by atoms with Crippen LogP contribution in [0.25, 0.3) is 10.9 Å². The normalized spacial score (nSPS) is 12.1.